The van der Waals surface area contributed by atoms with Gasteiger partial charge in [0.15, 0.2) is 0 Å². The van der Waals surface area contributed by atoms with Gasteiger partial charge in [-0.25, -0.2) is 4.98 Å². The molecule has 1 fully saturated rings. The predicted octanol–water partition coefficient (Wildman–Crippen LogP) is 2.33. The van der Waals surface area contributed by atoms with Crippen LogP contribution in [0.25, 0.3) is 0 Å². The number of aliphatic hydroxyl groups is 1. The summed E-state index contributed by atoms with van der Waals surface area (Å²) >= 11 is 0. The molecule has 1 unspecified atom stereocenters. The van der Waals surface area contributed by atoms with E-state index in [1.54, 1.807) is 0 Å². The molecule has 0 bridgehead atoms. The number of aromatic nitrogens is 2. The van der Waals surface area contributed by atoms with Crippen molar-refractivity contribution in [3.8, 4) is 0 Å². The molecule has 21 heavy (non-hydrogen) atoms. The van der Waals surface area contributed by atoms with Crippen molar-refractivity contribution >= 4 is 0 Å². The van der Waals surface area contributed by atoms with Gasteiger partial charge in [0.25, 0.3) is 0 Å². The van der Waals surface area contributed by atoms with Crippen LogP contribution in [0.1, 0.15) is 36.3 Å². The molecule has 1 aromatic carbocycles. The fourth-order valence-electron chi connectivity index (χ4n) is 3.16. The summed E-state index contributed by atoms with van der Waals surface area (Å²) in [6.45, 7) is 3.09. The second-order valence-corrected chi connectivity index (χ2v) is 5.90. The summed E-state index contributed by atoms with van der Waals surface area (Å²) in [5.41, 5.74) is 1.01. The Labute approximate surface area is 126 Å². The Morgan fingerprint density at radius 3 is 2.86 bits per heavy atom. The Morgan fingerprint density at radius 2 is 2.14 bits per heavy atom. The van der Waals surface area contributed by atoms with E-state index in [1.807, 2.05) is 42.7 Å². The van der Waals surface area contributed by atoms with Crippen LogP contribution in [0.3, 0.4) is 0 Å². The van der Waals surface area contributed by atoms with Gasteiger partial charge in [0.05, 0.1) is 6.10 Å². The van der Waals surface area contributed by atoms with Gasteiger partial charge in [-0.2, -0.15) is 0 Å². The number of benzene rings is 1. The van der Waals surface area contributed by atoms with E-state index in [2.05, 4.69) is 21.5 Å². The quantitative estimate of drug-likeness (QED) is 0.916. The average Bonchev–Trinajstić information content (AvgIpc) is 3.14. The summed E-state index contributed by atoms with van der Waals surface area (Å²) < 4.78 is 2.12. The van der Waals surface area contributed by atoms with Crippen LogP contribution in [0, 0.1) is 0 Å². The molecule has 1 aromatic heterocycles. The van der Waals surface area contributed by atoms with Crippen LogP contribution >= 0.6 is 0 Å². The van der Waals surface area contributed by atoms with Gasteiger partial charge in [-0.1, -0.05) is 30.3 Å². The van der Waals surface area contributed by atoms with Gasteiger partial charge in [0.2, 0.25) is 0 Å². The molecule has 1 N–H and O–H groups in total. The molecule has 1 aliphatic heterocycles. The lowest BCUT2D eigenvalue weighted by atomic mass is 10.1. The fraction of sp³-hybridized carbons (Fsp3) is 0.471. The Kier molecular flexibility index (Phi) is 4.36. The van der Waals surface area contributed by atoms with Crippen molar-refractivity contribution in [1.29, 1.82) is 0 Å². The van der Waals surface area contributed by atoms with E-state index < -0.39 is 0 Å². The first kappa shape index (κ1) is 14.3. The van der Waals surface area contributed by atoms with Crippen LogP contribution in [-0.2, 0) is 7.05 Å². The van der Waals surface area contributed by atoms with Crippen molar-refractivity contribution < 1.29 is 5.11 Å². The standard InChI is InChI=1S/C17H23N3O/c1-19-12-9-18-17(19)15-7-10-20(13-15)11-8-16(21)14-5-3-2-4-6-14/h2-6,9,12,15-16,21H,7-8,10-11,13H2,1H3/t15?,16-/m0/s1. The van der Waals surface area contributed by atoms with Crippen LogP contribution in [0.5, 0.6) is 0 Å². The van der Waals surface area contributed by atoms with Gasteiger partial charge >= 0.3 is 0 Å². The Bertz CT molecular complexity index is 566. The summed E-state index contributed by atoms with van der Waals surface area (Å²) in [7, 11) is 2.06. The van der Waals surface area contributed by atoms with Crippen molar-refractivity contribution in [3.63, 3.8) is 0 Å². The van der Waals surface area contributed by atoms with E-state index in [0.717, 1.165) is 38.0 Å². The Hall–Kier alpha value is -1.65. The van der Waals surface area contributed by atoms with Crippen molar-refractivity contribution in [2.75, 3.05) is 19.6 Å². The average molecular weight is 285 g/mol. The molecule has 4 heteroatoms. The summed E-state index contributed by atoms with van der Waals surface area (Å²) in [6, 6.07) is 9.92. The molecule has 112 valence electrons. The van der Waals surface area contributed by atoms with E-state index in [1.165, 1.54) is 5.82 Å². The van der Waals surface area contributed by atoms with E-state index >= 15 is 0 Å². The summed E-state index contributed by atoms with van der Waals surface area (Å²) in [5, 5.41) is 10.2. The first-order valence-electron chi connectivity index (χ1n) is 7.66. The maximum Gasteiger partial charge on any atom is 0.112 e. The highest BCUT2D eigenvalue weighted by atomic mass is 16.3. The highest BCUT2D eigenvalue weighted by Gasteiger charge is 2.26. The topological polar surface area (TPSA) is 41.3 Å². The minimum Gasteiger partial charge on any atom is -0.388 e. The van der Waals surface area contributed by atoms with Crippen LogP contribution < -0.4 is 0 Å². The third-order valence-electron chi connectivity index (χ3n) is 4.40. The van der Waals surface area contributed by atoms with Crippen LogP contribution in [0.4, 0.5) is 0 Å². The van der Waals surface area contributed by atoms with Crippen LogP contribution in [-0.4, -0.2) is 39.2 Å². The number of nitrogens with zero attached hydrogens (tertiary/aromatic N) is 3. The normalized spacial score (nSPS) is 20.8. The van der Waals surface area contributed by atoms with Gasteiger partial charge in [0.1, 0.15) is 5.82 Å². The van der Waals surface area contributed by atoms with E-state index in [-0.39, 0.29) is 6.10 Å². The molecular weight excluding hydrogens is 262 g/mol. The molecule has 2 aromatic rings. The molecule has 1 aliphatic rings. The first-order valence-corrected chi connectivity index (χ1v) is 7.66. The second-order valence-electron chi connectivity index (χ2n) is 5.90. The molecule has 0 radical (unpaired) electrons. The molecule has 0 spiro atoms. The van der Waals surface area contributed by atoms with Crippen molar-refractivity contribution in [1.82, 2.24) is 14.5 Å². The SMILES string of the molecule is Cn1ccnc1C1CCN(CC[C@H](O)c2ccccc2)C1. The zero-order valence-electron chi connectivity index (χ0n) is 12.5. The molecule has 0 aliphatic carbocycles. The second kappa shape index (κ2) is 6.41. The summed E-state index contributed by atoms with van der Waals surface area (Å²) in [5.74, 6) is 1.71. The number of hydrogen-bond acceptors (Lipinski definition) is 3. The maximum absolute atomic E-state index is 10.2. The molecule has 0 saturated carbocycles. The fourth-order valence-corrected chi connectivity index (χ4v) is 3.16. The van der Waals surface area contributed by atoms with Crippen molar-refractivity contribution in [3.05, 3.63) is 54.1 Å². The van der Waals surface area contributed by atoms with Gasteiger partial charge in [-0.3, -0.25) is 0 Å². The van der Waals surface area contributed by atoms with Gasteiger partial charge < -0.3 is 14.6 Å². The lowest BCUT2D eigenvalue weighted by Crippen LogP contribution is -2.23. The lowest BCUT2D eigenvalue weighted by Gasteiger charge is -2.18. The monoisotopic (exact) mass is 285 g/mol. The third-order valence-corrected chi connectivity index (χ3v) is 4.40. The van der Waals surface area contributed by atoms with Crippen LogP contribution in [0.2, 0.25) is 0 Å². The number of likely N-dealkylation sites (tertiary alicyclic amines) is 1. The van der Waals surface area contributed by atoms with Gasteiger partial charge in [-0.05, 0) is 24.9 Å². The predicted molar refractivity (Wildman–Crippen MR) is 83.0 cm³/mol. The smallest absolute Gasteiger partial charge is 0.112 e. The largest absolute Gasteiger partial charge is 0.388 e. The minimum atomic E-state index is -0.363. The van der Waals surface area contributed by atoms with Crippen molar-refractivity contribution in [2.24, 2.45) is 7.05 Å². The molecule has 4 nitrogen and oxygen atoms in total. The van der Waals surface area contributed by atoms with Gasteiger partial charge in [0, 0.05) is 38.4 Å². The first-order chi connectivity index (χ1) is 10.2. The molecule has 1 saturated heterocycles. The Morgan fingerprint density at radius 1 is 1.33 bits per heavy atom. The summed E-state index contributed by atoms with van der Waals surface area (Å²) in [4.78, 5) is 6.90. The molecule has 2 atom stereocenters. The number of aryl methyl sites for hydroxylation is 1. The van der Waals surface area contributed by atoms with E-state index in [0.29, 0.717) is 5.92 Å². The Balaban J connectivity index is 1.50. The molecular formula is C17H23N3O. The molecule has 2 heterocycles. The van der Waals surface area contributed by atoms with Crippen molar-refractivity contribution in [2.45, 2.75) is 24.9 Å². The lowest BCUT2D eigenvalue weighted by molar-refractivity contribution is 0.148. The number of hydrogen-bond donors (Lipinski definition) is 1. The third kappa shape index (κ3) is 3.34. The zero-order chi connectivity index (χ0) is 14.7. The highest BCUT2D eigenvalue weighted by molar-refractivity contribution is 5.17. The summed E-state index contributed by atoms with van der Waals surface area (Å²) in [6.07, 6.45) is 5.47. The van der Waals surface area contributed by atoms with E-state index in [4.69, 9.17) is 0 Å². The minimum absolute atomic E-state index is 0.363. The van der Waals surface area contributed by atoms with E-state index in [9.17, 15) is 5.11 Å². The highest BCUT2D eigenvalue weighted by Crippen LogP contribution is 2.26. The van der Waals surface area contributed by atoms with Gasteiger partial charge in [-0.15, -0.1) is 0 Å². The molecule has 3 rings (SSSR count). The zero-order valence-corrected chi connectivity index (χ0v) is 12.5. The number of rotatable bonds is 5. The maximum atomic E-state index is 10.2. The number of aliphatic hydroxyl groups excluding tert-OH is 1. The molecule has 0 amide bonds. The number of imidazole rings is 1. The van der Waals surface area contributed by atoms with Crippen LogP contribution in [0.15, 0.2) is 42.7 Å².